The Morgan fingerprint density at radius 3 is 2.87 bits per heavy atom. The van der Waals surface area contributed by atoms with Crippen LogP contribution in [0.4, 0.5) is 5.69 Å². The Morgan fingerprint density at radius 2 is 2.20 bits per heavy atom. The fourth-order valence-electron chi connectivity index (χ4n) is 1.69. The molecule has 1 aliphatic heterocycles. The lowest BCUT2D eigenvalue weighted by Crippen LogP contribution is -2.16. The molecule has 0 fully saturated rings. The van der Waals surface area contributed by atoms with Gasteiger partial charge in [0.15, 0.2) is 0 Å². The number of benzene rings is 1. The minimum absolute atomic E-state index is 0.970. The van der Waals surface area contributed by atoms with Crippen LogP contribution in [-0.4, -0.2) is 12.4 Å². The molecule has 0 radical (unpaired) electrons. The third-order valence-electron chi connectivity index (χ3n) is 2.57. The molecule has 3 heteroatoms. The topological polar surface area (TPSA) is 24.4 Å². The maximum absolute atomic E-state index is 4.47. The number of anilines is 1. The number of hydrogen-bond acceptors (Lipinski definition) is 2. The summed E-state index contributed by atoms with van der Waals surface area (Å²) in [5.74, 6) is 1.13. The van der Waals surface area contributed by atoms with Gasteiger partial charge in [0.05, 0.1) is 0 Å². The van der Waals surface area contributed by atoms with Gasteiger partial charge >= 0.3 is 0 Å². The highest BCUT2D eigenvalue weighted by molar-refractivity contribution is 9.10. The van der Waals surface area contributed by atoms with Crippen molar-refractivity contribution in [1.29, 1.82) is 0 Å². The average molecular weight is 267 g/mol. The van der Waals surface area contributed by atoms with Crippen LogP contribution in [0.3, 0.4) is 0 Å². The second-order valence-electron chi connectivity index (χ2n) is 3.87. The van der Waals surface area contributed by atoms with Crippen LogP contribution in [0.2, 0.25) is 0 Å². The molecule has 1 aromatic rings. The Morgan fingerprint density at radius 1 is 1.33 bits per heavy atom. The van der Waals surface area contributed by atoms with Gasteiger partial charge in [-0.05, 0) is 43.5 Å². The summed E-state index contributed by atoms with van der Waals surface area (Å²) in [5, 5.41) is 3.38. The molecular formula is C12H15BrN2. The fourth-order valence-corrected chi connectivity index (χ4v) is 1.94. The number of rotatable bonds is 1. The maximum Gasteiger partial charge on any atom is 0.101 e. The molecule has 0 amide bonds. The second kappa shape index (κ2) is 4.79. The van der Waals surface area contributed by atoms with E-state index in [0.717, 1.165) is 29.0 Å². The van der Waals surface area contributed by atoms with Crippen molar-refractivity contribution in [2.24, 2.45) is 4.99 Å². The van der Waals surface area contributed by atoms with Crippen LogP contribution in [0.5, 0.6) is 0 Å². The minimum Gasteiger partial charge on any atom is -0.344 e. The van der Waals surface area contributed by atoms with Gasteiger partial charge in [0.2, 0.25) is 0 Å². The lowest BCUT2D eigenvalue weighted by atomic mass is 10.1. The van der Waals surface area contributed by atoms with E-state index < -0.39 is 0 Å². The van der Waals surface area contributed by atoms with Gasteiger partial charge in [-0.1, -0.05) is 15.9 Å². The molecular weight excluding hydrogens is 252 g/mol. The number of halogens is 1. The van der Waals surface area contributed by atoms with Gasteiger partial charge in [-0.25, -0.2) is 0 Å². The Hall–Kier alpha value is -0.830. The van der Waals surface area contributed by atoms with Crippen LogP contribution in [0.15, 0.2) is 27.7 Å². The lowest BCUT2D eigenvalue weighted by Gasteiger charge is -2.14. The van der Waals surface area contributed by atoms with Gasteiger partial charge in [0, 0.05) is 23.1 Å². The predicted octanol–water partition coefficient (Wildman–Crippen LogP) is 3.75. The Bertz CT molecular complexity index is 385. The molecule has 2 rings (SSSR count). The molecule has 0 saturated carbocycles. The van der Waals surface area contributed by atoms with E-state index in [1.165, 1.54) is 18.4 Å². The smallest absolute Gasteiger partial charge is 0.101 e. The molecule has 0 atom stereocenters. The second-order valence-corrected chi connectivity index (χ2v) is 4.73. The van der Waals surface area contributed by atoms with E-state index in [0.29, 0.717) is 0 Å². The van der Waals surface area contributed by atoms with E-state index in [9.17, 15) is 0 Å². The zero-order valence-electron chi connectivity index (χ0n) is 8.89. The molecule has 2 nitrogen and oxygen atoms in total. The molecule has 0 saturated heterocycles. The molecule has 0 aliphatic carbocycles. The van der Waals surface area contributed by atoms with Gasteiger partial charge in [-0.15, -0.1) is 0 Å². The lowest BCUT2D eigenvalue weighted by molar-refractivity contribution is 0.737. The van der Waals surface area contributed by atoms with Crippen LogP contribution in [-0.2, 0) is 0 Å². The molecule has 0 spiro atoms. The monoisotopic (exact) mass is 266 g/mol. The summed E-state index contributed by atoms with van der Waals surface area (Å²) in [4.78, 5) is 4.47. The van der Waals surface area contributed by atoms with E-state index in [4.69, 9.17) is 0 Å². The zero-order chi connectivity index (χ0) is 10.7. The standard InChI is InChI=1S/C12H15BrN2/c1-9-8-10(5-6-11(9)13)15-12-4-2-3-7-14-12/h5-6,8H,2-4,7H2,1H3,(H,14,15). The van der Waals surface area contributed by atoms with Crippen LogP contribution < -0.4 is 5.32 Å². The average Bonchev–Trinajstić information content (AvgIpc) is 2.25. The number of aryl methyl sites for hydroxylation is 1. The number of aliphatic imine (C=N–C) groups is 1. The molecule has 80 valence electrons. The van der Waals surface area contributed by atoms with Crippen molar-refractivity contribution in [3.05, 3.63) is 28.2 Å². The summed E-state index contributed by atoms with van der Waals surface area (Å²) >= 11 is 3.50. The van der Waals surface area contributed by atoms with Crippen molar-refractivity contribution in [2.45, 2.75) is 26.2 Å². The number of nitrogens with zero attached hydrogens (tertiary/aromatic N) is 1. The summed E-state index contributed by atoms with van der Waals surface area (Å²) in [6.07, 6.45) is 3.56. The first-order chi connectivity index (χ1) is 7.25. The predicted molar refractivity (Wildman–Crippen MR) is 68.7 cm³/mol. The normalized spacial score (nSPS) is 16.0. The van der Waals surface area contributed by atoms with E-state index in [-0.39, 0.29) is 0 Å². The van der Waals surface area contributed by atoms with Gasteiger partial charge in [-0.2, -0.15) is 0 Å². The van der Waals surface area contributed by atoms with Crippen molar-refractivity contribution < 1.29 is 0 Å². The third-order valence-corrected chi connectivity index (χ3v) is 3.46. The van der Waals surface area contributed by atoms with Crippen molar-refractivity contribution in [3.8, 4) is 0 Å². The number of amidine groups is 1. The molecule has 0 aromatic heterocycles. The van der Waals surface area contributed by atoms with Crippen LogP contribution in [0, 0.1) is 6.92 Å². The number of nitrogens with one attached hydrogen (secondary N) is 1. The summed E-state index contributed by atoms with van der Waals surface area (Å²) in [6, 6.07) is 6.29. The van der Waals surface area contributed by atoms with Gasteiger partial charge in [0.25, 0.3) is 0 Å². The fraction of sp³-hybridized carbons (Fsp3) is 0.417. The molecule has 1 aliphatic rings. The summed E-state index contributed by atoms with van der Waals surface area (Å²) < 4.78 is 1.15. The Kier molecular flexibility index (Phi) is 3.41. The van der Waals surface area contributed by atoms with Gasteiger partial charge in [-0.3, -0.25) is 4.99 Å². The first kappa shape index (κ1) is 10.7. The molecule has 15 heavy (non-hydrogen) atoms. The first-order valence-electron chi connectivity index (χ1n) is 5.32. The summed E-state index contributed by atoms with van der Waals surface area (Å²) in [7, 11) is 0. The molecule has 1 aromatic carbocycles. The van der Waals surface area contributed by atoms with E-state index in [1.807, 2.05) is 0 Å². The third kappa shape index (κ3) is 2.81. The molecule has 0 bridgehead atoms. The molecule has 0 unspecified atom stereocenters. The SMILES string of the molecule is Cc1cc(NC2=NCCCC2)ccc1Br. The van der Waals surface area contributed by atoms with Crippen LogP contribution in [0.1, 0.15) is 24.8 Å². The quantitative estimate of drug-likeness (QED) is 0.823. The van der Waals surface area contributed by atoms with Crippen molar-refractivity contribution in [3.63, 3.8) is 0 Å². The first-order valence-corrected chi connectivity index (χ1v) is 6.11. The van der Waals surface area contributed by atoms with Crippen LogP contribution >= 0.6 is 15.9 Å². The van der Waals surface area contributed by atoms with Crippen molar-refractivity contribution >= 4 is 27.5 Å². The van der Waals surface area contributed by atoms with Crippen LogP contribution in [0.25, 0.3) is 0 Å². The largest absolute Gasteiger partial charge is 0.344 e. The van der Waals surface area contributed by atoms with E-state index in [2.05, 4.69) is 51.4 Å². The summed E-state index contributed by atoms with van der Waals surface area (Å²) in [5.41, 5.74) is 2.38. The minimum atomic E-state index is 0.970. The van der Waals surface area contributed by atoms with E-state index in [1.54, 1.807) is 0 Å². The van der Waals surface area contributed by atoms with E-state index >= 15 is 0 Å². The molecule has 1 heterocycles. The Labute approximate surface area is 98.9 Å². The van der Waals surface area contributed by atoms with Crippen molar-refractivity contribution in [2.75, 3.05) is 11.9 Å². The highest BCUT2D eigenvalue weighted by atomic mass is 79.9. The van der Waals surface area contributed by atoms with Gasteiger partial charge < -0.3 is 5.32 Å². The van der Waals surface area contributed by atoms with Gasteiger partial charge in [0.1, 0.15) is 5.84 Å². The number of hydrogen-bond donors (Lipinski definition) is 1. The van der Waals surface area contributed by atoms with Crippen molar-refractivity contribution in [1.82, 2.24) is 0 Å². The summed E-state index contributed by atoms with van der Waals surface area (Å²) in [6.45, 7) is 3.07. The zero-order valence-corrected chi connectivity index (χ0v) is 10.5. The maximum atomic E-state index is 4.47. The molecule has 1 N–H and O–H groups in total. The highest BCUT2D eigenvalue weighted by Crippen LogP contribution is 2.20. The Balaban J connectivity index is 2.10. The highest BCUT2D eigenvalue weighted by Gasteiger charge is 2.05.